The first kappa shape index (κ1) is 15.8. The number of hydrogen-bond donors (Lipinski definition) is 2. The van der Waals surface area contributed by atoms with Crippen LogP contribution in [0.25, 0.3) is 0 Å². The van der Waals surface area contributed by atoms with E-state index in [9.17, 15) is 4.79 Å². The molecule has 3 nitrogen and oxygen atoms in total. The molecule has 1 amide bonds. The predicted octanol–water partition coefficient (Wildman–Crippen LogP) is 2.41. The van der Waals surface area contributed by atoms with E-state index in [1.54, 1.807) is 0 Å². The molecule has 0 aromatic carbocycles. The summed E-state index contributed by atoms with van der Waals surface area (Å²) < 4.78 is 0. The fourth-order valence-electron chi connectivity index (χ4n) is 2.31. The topological polar surface area (TPSA) is 41.1 Å². The molecule has 1 fully saturated rings. The van der Waals surface area contributed by atoms with E-state index in [-0.39, 0.29) is 5.91 Å². The highest BCUT2D eigenvalue weighted by atomic mass is 32.2. The van der Waals surface area contributed by atoms with Gasteiger partial charge in [0.2, 0.25) is 5.91 Å². The molecule has 0 aromatic heterocycles. The fraction of sp³-hybridized carbons (Fsp3) is 0.929. The molecule has 0 heterocycles. The molecule has 0 spiro atoms. The van der Waals surface area contributed by atoms with Gasteiger partial charge >= 0.3 is 0 Å². The van der Waals surface area contributed by atoms with E-state index in [2.05, 4.69) is 43.2 Å². The number of hydrogen-bond acceptors (Lipinski definition) is 3. The van der Waals surface area contributed by atoms with Gasteiger partial charge in [0.05, 0.1) is 6.54 Å². The molecule has 0 bridgehead atoms. The molecule has 106 valence electrons. The van der Waals surface area contributed by atoms with E-state index < -0.39 is 0 Å². The Balaban J connectivity index is 2.05. The zero-order chi connectivity index (χ0) is 13.4. The van der Waals surface area contributed by atoms with Crippen LogP contribution in [0.2, 0.25) is 0 Å². The van der Waals surface area contributed by atoms with Gasteiger partial charge in [-0.05, 0) is 37.4 Å². The third kappa shape index (κ3) is 6.64. The van der Waals surface area contributed by atoms with Crippen LogP contribution in [-0.2, 0) is 4.79 Å². The summed E-state index contributed by atoms with van der Waals surface area (Å²) in [6.07, 6.45) is 4.80. The smallest absolute Gasteiger partial charge is 0.233 e. The van der Waals surface area contributed by atoms with Gasteiger partial charge in [0.25, 0.3) is 0 Å². The van der Waals surface area contributed by atoms with Crippen LogP contribution in [0.3, 0.4) is 0 Å². The Hall–Kier alpha value is -0.220. The lowest BCUT2D eigenvalue weighted by atomic mass is 10.1. The maximum Gasteiger partial charge on any atom is 0.233 e. The van der Waals surface area contributed by atoms with Crippen LogP contribution in [0.1, 0.15) is 46.5 Å². The van der Waals surface area contributed by atoms with Crippen molar-refractivity contribution in [1.82, 2.24) is 10.6 Å². The van der Waals surface area contributed by atoms with Crippen molar-refractivity contribution >= 4 is 17.7 Å². The van der Waals surface area contributed by atoms with Crippen molar-refractivity contribution in [2.45, 2.75) is 57.7 Å². The molecular weight excluding hydrogens is 244 g/mol. The maximum absolute atomic E-state index is 11.6. The van der Waals surface area contributed by atoms with Gasteiger partial charge in [-0.15, -0.1) is 0 Å². The van der Waals surface area contributed by atoms with Gasteiger partial charge in [-0.2, -0.15) is 11.8 Å². The maximum atomic E-state index is 11.6. The number of thioether (sulfide) groups is 1. The van der Waals surface area contributed by atoms with Crippen molar-refractivity contribution in [1.29, 1.82) is 0 Å². The summed E-state index contributed by atoms with van der Waals surface area (Å²) in [7, 11) is 0. The quantitative estimate of drug-likeness (QED) is 0.713. The molecule has 2 N–H and O–H groups in total. The van der Waals surface area contributed by atoms with E-state index in [1.165, 1.54) is 25.0 Å². The zero-order valence-corrected chi connectivity index (χ0v) is 12.8. The minimum atomic E-state index is 0.141. The number of nitrogens with one attached hydrogen (secondary N) is 2. The van der Waals surface area contributed by atoms with Crippen LogP contribution in [-0.4, -0.2) is 36.0 Å². The molecule has 1 aliphatic rings. The van der Waals surface area contributed by atoms with Crippen molar-refractivity contribution in [3.63, 3.8) is 0 Å². The van der Waals surface area contributed by atoms with Gasteiger partial charge < -0.3 is 10.6 Å². The lowest BCUT2D eigenvalue weighted by molar-refractivity contribution is -0.120. The minimum Gasteiger partial charge on any atom is -0.355 e. The second-order valence-corrected chi connectivity index (χ2v) is 7.08. The second-order valence-electron chi connectivity index (χ2n) is 5.50. The summed E-state index contributed by atoms with van der Waals surface area (Å²) in [6.45, 7) is 7.85. The normalized spacial score (nSPS) is 23.6. The van der Waals surface area contributed by atoms with E-state index in [0.717, 1.165) is 18.2 Å². The van der Waals surface area contributed by atoms with E-state index in [0.29, 0.717) is 18.5 Å². The first-order chi connectivity index (χ1) is 8.61. The van der Waals surface area contributed by atoms with Gasteiger partial charge in [-0.25, -0.2) is 0 Å². The highest BCUT2D eigenvalue weighted by molar-refractivity contribution is 7.99. The summed E-state index contributed by atoms with van der Waals surface area (Å²) in [6, 6.07) is 0.546. The molecule has 2 atom stereocenters. The number of carbonyl (C=O) groups excluding carboxylic acids is 1. The van der Waals surface area contributed by atoms with Crippen molar-refractivity contribution in [2.24, 2.45) is 5.92 Å². The Morgan fingerprint density at radius 2 is 2.17 bits per heavy atom. The first-order valence-corrected chi connectivity index (χ1v) is 8.28. The van der Waals surface area contributed by atoms with Crippen molar-refractivity contribution in [2.75, 3.05) is 18.8 Å². The summed E-state index contributed by atoms with van der Waals surface area (Å²) in [5, 5.41) is 7.15. The van der Waals surface area contributed by atoms with Gasteiger partial charge in [0.15, 0.2) is 0 Å². The van der Waals surface area contributed by atoms with Crippen LogP contribution in [0.4, 0.5) is 0 Å². The Labute approximate surface area is 116 Å². The molecule has 0 radical (unpaired) electrons. The van der Waals surface area contributed by atoms with Crippen LogP contribution in [0.5, 0.6) is 0 Å². The van der Waals surface area contributed by atoms with Gasteiger partial charge in [-0.3, -0.25) is 4.79 Å². The molecule has 0 aromatic rings. The highest BCUT2D eigenvalue weighted by Crippen LogP contribution is 2.29. The van der Waals surface area contributed by atoms with E-state index >= 15 is 0 Å². The van der Waals surface area contributed by atoms with Gasteiger partial charge in [0, 0.05) is 17.8 Å². The monoisotopic (exact) mass is 272 g/mol. The molecule has 1 saturated carbocycles. The second kappa shape index (κ2) is 8.81. The molecule has 0 aliphatic heterocycles. The Morgan fingerprint density at radius 3 is 2.83 bits per heavy atom. The van der Waals surface area contributed by atoms with E-state index in [1.807, 2.05) is 0 Å². The van der Waals surface area contributed by atoms with Gasteiger partial charge in [-0.1, -0.05) is 20.8 Å². The summed E-state index contributed by atoms with van der Waals surface area (Å²) in [5.41, 5.74) is 0. The van der Waals surface area contributed by atoms with Crippen molar-refractivity contribution in [3.05, 3.63) is 0 Å². The SMILES string of the molecule is CCSC1CCC(NCC(=O)NCCC(C)C)C1. The standard InChI is InChI=1S/C14H28N2OS/c1-4-18-13-6-5-12(9-13)16-10-14(17)15-8-7-11(2)3/h11-13,16H,4-10H2,1-3H3,(H,15,17). The first-order valence-electron chi connectivity index (χ1n) is 7.23. The molecule has 18 heavy (non-hydrogen) atoms. The zero-order valence-electron chi connectivity index (χ0n) is 12.0. The fourth-order valence-corrected chi connectivity index (χ4v) is 3.45. The molecule has 4 heteroatoms. The third-order valence-electron chi connectivity index (χ3n) is 3.38. The summed E-state index contributed by atoms with van der Waals surface area (Å²) in [4.78, 5) is 11.6. The Kier molecular flexibility index (Phi) is 7.75. The largest absolute Gasteiger partial charge is 0.355 e. The number of carbonyl (C=O) groups is 1. The predicted molar refractivity (Wildman–Crippen MR) is 80.0 cm³/mol. The minimum absolute atomic E-state index is 0.141. The number of rotatable bonds is 8. The van der Waals surface area contributed by atoms with Crippen molar-refractivity contribution < 1.29 is 4.79 Å². The Bertz CT molecular complexity index is 246. The van der Waals surface area contributed by atoms with Crippen LogP contribution in [0.15, 0.2) is 0 Å². The van der Waals surface area contributed by atoms with E-state index in [4.69, 9.17) is 0 Å². The number of amides is 1. The summed E-state index contributed by atoms with van der Waals surface area (Å²) in [5.74, 6) is 2.00. The lowest BCUT2D eigenvalue weighted by Gasteiger charge is -2.13. The molecular formula is C14H28N2OS. The Morgan fingerprint density at radius 1 is 1.39 bits per heavy atom. The lowest BCUT2D eigenvalue weighted by Crippen LogP contribution is -2.38. The molecule has 2 unspecified atom stereocenters. The van der Waals surface area contributed by atoms with Crippen molar-refractivity contribution in [3.8, 4) is 0 Å². The summed E-state index contributed by atoms with van der Waals surface area (Å²) >= 11 is 2.05. The molecule has 0 saturated heterocycles. The van der Waals surface area contributed by atoms with Gasteiger partial charge in [0.1, 0.15) is 0 Å². The van der Waals surface area contributed by atoms with Crippen LogP contribution < -0.4 is 10.6 Å². The molecule has 1 aliphatic carbocycles. The molecule has 1 rings (SSSR count). The average Bonchev–Trinajstić information content (AvgIpc) is 2.74. The van der Waals surface area contributed by atoms with Crippen LogP contribution >= 0.6 is 11.8 Å². The van der Waals surface area contributed by atoms with Crippen LogP contribution in [0, 0.1) is 5.92 Å². The average molecular weight is 272 g/mol. The highest BCUT2D eigenvalue weighted by Gasteiger charge is 2.24. The third-order valence-corrected chi connectivity index (χ3v) is 4.61.